The van der Waals surface area contributed by atoms with Crippen molar-refractivity contribution in [2.45, 2.75) is 18.6 Å². The van der Waals surface area contributed by atoms with Crippen molar-refractivity contribution < 1.29 is 14.4 Å². The summed E-state index contributed by atoms with van der Waals surface area (Å²) < 4.78 is 5.21. The van der Waals surface area contributed by atoms with E-state index in [0.29, 0.717) is 12.0 Å². The first kappa shape index (κ1) is 15.7. The maximum atomic E-state index is 13.0. The maximum Gasteiger partial charge on any atom is 0.254 e. The van der Waals surface area contributed by atoms with Gasteiger partial charge in [-0.1, -0.05) is 12.1 Å². The Balaban J connectivity index is 1.66. The van der Waals surface area contributed by atoms with Crippen molar-refractivity contribution in [3.8, 4) is 5.75 Å². The largest absolute Gasteiger partial charge is 0.497 e. The summed E-state index contributed by atoms with van der Waals surface area (Å²) in [5.41, 5.74) is 6.32. The number of nitrogens with zero attached hydrogens (tertiary/aromatic N) is 2. The molecule has 1 amide bonds. The fourth-order valence-corrected chi connectivity index (χ4v) is 3.43. The van der Waals surface area contributed by atoms with E-state index in [1.54, 1.807) is 24.4 Å². The van der Waals surface area contributed by atoms with Gasteiger partial charge in [0.1, 0.15) is 11.9 Å². The molecular weight excluding hydrogens is 318 g/mol. The van der Waals surface area contributed by atoms with Crippen LogP contribution in [-0.4, -0.2) is 36.1 Å². The first-order valence-corrected chi connectivity index (χ1v) is 8.16. The van der Waals surface area contributed by atoms with Gasteiger partial charge in [-0.25, -0.2) is 0 Å². The van der Waals surface area contributed by atoms with Crippen LogP contribution in [0.4, 0.5) is 0 Å². The molecule has 0 saturated carbocycles. The smallest absolute Gasteiger partial charge is 0.254 e. The molecule has 2 atom stereocenters. The summed E-state index contributed by atoms with van der Waals surface area (Å²) in [6.45, 7) is 0. The molecule has 1 fully saturated rings. The van der Waals surface area contributed by atoms with E-state index in [1.165, 1.54) is 0 Å². The molecule has 6 nitrogen and oxygen atoms in total. The van der Waals surface area contributed by atoms with E-state index in [2.05, 4.69) is 10.5 Å². The number of nitrogens with one attached hydrogen (secondary N) is 1. The highest BCUT2D eigenvalue weighted by Crippen LogP contribution is 2.39. The van der Waals surface area contributed by atoms with Gasteiger partial charge in [0.15, 0.2) is 0 Å². The number of likely N-dealkylation sites (N-methyl/N-ethyl adjacent to an activating group) is 1. The van der Waals surface area contributed by atoms with E-state index >= 15 is 0 Å². The standard InChI is InChI=1S/C19H19N3O3/c1-22-15(12-3-5-14(24-2)6-4-12)11-16-17(19(22)23)18(21-25-16)13-7-9-20-10-8-13/h3-10,15-16,21H,11H2,1-2H3. The van der Waals surface area contributed by atoms with Crippen LogP contribution >= 0.6 is 0 Å². The molecule has 1 N–H and O–H groups in total. The van der Waals surface area contributed by atoms with Crippen LogP contribution in [0.25, 0.3) is 5.70 Å². The molecule has 1 aromatic carbocycles. The topological polar surface area (TPSA) is 63.7 Å². The first-order valence-electron chi connectivity index (χ1n) is 8.16. The molecule has 0 bridgehead atoms. The number of benzene rings is 1. The predicted molar refractivity (Wildman–Crippen MR) is 92.3 cm³/mol. The van der Waals surface area contributed by atoms with Crippen molar-refractivity contribution in [1.29, 1.82) is 0 Å². The number of pyridine rings is 1. The molecule has 0 aliphatic carbocycles. The molecule has 0 spiro atoms. The van der Waals surface area contributed by atoms with Crippen LogP contribution in [0.15, 0.2) is 54.4 Å². The highest BCUT2D eigenvalue weighted by atomic mass is 16.7. The molecule has 128 valence electrons. The van der Waals surface area contributed by atoms with Gasteiger partial charge in [0.2, 0.25) is 0 Å². The van der Waals surface area contributed by atoms with Gasteiger partial charge < -0.3 is 9.64 Å². The number of piperidine rings is 1. The van der Waals surface area contributed by atoms with Gasteiger partial charge in [-0.3, -0.25) is 20.1 Å². The molecule has 25 heavy (non-hydrogen) atoms. The number of rotatable bonds is 3. The average molecular weight is 337 g/mol. The van der Waals surface area contributed by atoms with Crippen molar-refractivity contribution in [3.05, 3.63) is 65.5 Å². The minimum absolute atomic E-state index is 0.0196. The molecule has 4 rings (SSSR count). The van der Waals surface area contributed by atoms with Crippen molar-refractivity contribution >= 4 is 11.6 Å². The number of aromatic nitrogens is 1. The Kier molecular flexibility index (Phi) is 3.89. The third-order valence-corrected chi connectivity index (χ3v) is 4.82. The number of carbonyl (C=O) groups excluding carboxylic acids is 1. The number of likely N-dealkylation sites (tertiary alicyclic amines) is 1. The zero-order valence-corrected chi connectivity index (χ0v) is 14.1. The van der Waals surface area contributed by atoms with Crippen LogP contribution in [0.5, 0.6) is 5.75 Å². The van der Waals surface area contributed by atoms with Crippen LogP contribution in [0.1, 0.15) is 23.6 Å². The summed E-state index contributed by atoms with van der Waals surface area (Å²) in [5, 5.41) is 0. The zero-order valence-electron chi connectivity index (χ0n) is 14.1. The molecule has 2 aliphatic heterocycles. The van der Waals surface area contributed by atoms with Gasteiger partial charge in [0.05, 0.1) is 24.4 Å². The Bertz CT molecular complexity index is 818. The van der Waals surface area contributed by atoms with Crippen LogP contribution in [-0.2, 0) is 9.63 Å². The van der Waals surface area contributed by atoms with E-state index in [0.717, 1.165) is 22.6 Å². The SMILES string of the molecule is COc1ccc(C2CC3ONC(c4ccncc4)=C3C(=O)N2C)cc1. The van der Waals surface area contributed by atoms with Gasteiger partial charge in [0.25, 0.3) is 5.91 Å². The van der Waals surface area contributed by atoms with Crippen LogP contribution in [0.2, 0.25) is 0 Å². The third kappa shape index (κ3) is 2.64. The minimum atomic E-state index is -0.265. The van der Waals surface area contributed by atoms with Gasteiger partial charge in [-0.05, 0) is 29.8 Å². The van der Waals surface area contributed by atoms with Crippen molar-refractivity contribution in [3.63, 3.8) is 0 Å². The number of hydroxylamine groups is 1. The van der Waals surface area contributed by atoms with Gasteiger partial charge in [0, 0.05) is 31.4 Å². The zero-order chi connectivity index (χ0) is 17.4. The van der Waals surface area contributed by atoms with E-state index in [4.69, 9.17) is 9.57 Å². The molecule has 2 aromatic rings. The Morgan fingerprint density at radius 1 is 1.20 bits per heavy atom. The summed E-state index contributed by atoms with van der Waals surface area (Å²) >= 11 is 0. The molecule has 2 aliphatic rings. The van der Waals surface area contributed by atoms with Gasteiger partial charge in [-0.2, -0.15) is 0 Å². The molecule has 3 heterocycles. The predicted octanol–water partition coefficient (Wildman–Crippen LogP) is 2.31. The number of fused-ring (bicyclic) bond motifs is 1. The van der Waals surface area contributed by atoms with Crippen LogP contribution < -0.4 is 10.2 Å². The lowest BCUT2D eigenvalue weighted by Crippen LogP contribution is -2.42. The number of methoxy groups -OCH3 is 1. The Hall–Kier alpha value is -2.86. The lowest BCUT2D eigenvalue weighted by atomic mass is 9.88. The second kappa shape index (κ2) is 6.22. The van der Waals surface area contributed by atoms with E-state index in [1.807, 2.05) is 43.4 Å². The van der Waals surface area contributed by atoms with Crippen LogP contribution in [0, 0.1) is 0 Å². The third-order valence-electron chi connectivity index (χ3n) is 4.82. The number of hydrogen-bond donors (Lipinski definition) is 1. The van der Waals surface area contributed by atoms with Crippen molar-refractivity contribution in [2.24, 2.45) is 0 Å². The molecule has 1 saturated heterocycles. The summed E-state index contributed by atoms with van der Waals surface area (Å²) in [5.74, 6) is 0.779. The number of amides is 1. The van der Waals surface area contributed by atoms with E-state index < -0.39 is 0 Å². The normalized spacial score (nSPS) is 22.6. The summed E-state index contributed by atoms with van der Waals surface area (Å²) in [6.07, 6.45) is 3.84. The quantitative estimate of drug-likeness (QED) is 0.931. The monoisotopic (exact) mass is 337 g/mol. The molecular formula is C19H19N3O3. The summed E-state index contributed by atoms with van der Waals surface area (Å²) in [6, 6.07) is 11.5. The lowest BCUT2D eigenvalue weighted by molar-refractivity contribution is -0.133. The number of ether oxygens (including phenoxy) is 1. The lowest BCUT2D eigenvalue weighted by Gasteiger charge is -2.36. The summed E-state index contributed by atoms with van der Waals surface area (Å²) in [7, 11) is 3.48. The number of carbonyl (C=O) groups is 1. The Morgan fingerprint density at radius 2 is 1.92 bits per heavy atom. The van der Waals surface area contributed by atoms with Crippen LogP contribution in [0.3, 0.4) is 0 Å². The highest BCUT2D eigenvalue weighted by Gasteiger charge is 2.43. The fourth-order valence-electron chi connectivity index (χ4n) is 3.43. The van der Waals surface area contributed by atoms with Crippen molar-refractivity contribution in [2.75, 3.05) is 14.2 Å². The molecule has 6 heteroatoms. The molecule has 2 unspecified atom stereocenters. The van der Waals surface area contributed by atoms with E-state index in [-0.39, 0.29) is 18.1 Å². The first-order chi connectivity index (χ1) is 12.2. The highest BCUT2D eigenvalue weighted by molar-refractivity contribution is 6.03. The Labute approximate surface area is 146 Å². The Morgan fingerprint density at radius 3 is 2.60 bits per heavy atom. The molecule has 1 aromatic heterocycles. The number of hydrogen-bond acceptors (Lipinski definition) is 5. The summed E-state index contributed by atoms with van der Waals surface area (Å²) in [4.78, 5) is 24.5. The fraction of sp³-hybridized carbons (Fsp3) is 0.263. The minimum Gasteiger partial charge on any atom is -0.497 e. The van der Waals surface area contributed by atoms with Gasteiger partial charge in [-0.15, -0.1) is 0 Å². The average Bonchev–Trinajstić information content (AvgIpc) is 3.09. The van der Waals surface area contributed by atoms with Gasteiger partial charge >= 0.3 is 0 Å². The van der Waals surface area contributed by atoms with Crippen molar-refractivity contribution in [1.82, 2.24) is 15.4 Å². The second-order valence-electron chi connectivity index (χ2n) is 6.17. The second-order valence-corrected chi connectivity index (χ2v) is 6.17. The molecule has 0 radical (unpaired) electrons. The maximum absolute atomic E-state index is 13.0. The van der Waals surface area contributed by atoms with E-state index in [9.17, 15) is 4.79 Å².